The summed E-state index contributed by atoms with van der Waals surface area (Å²) >= 11 is 0. The fraction of sp³-hybridized carbons (Fsp3) is 0.158. The number of aryl methyl sites for hydroxylation is 1. The Balaban J connectivity index is 1.28. The van der Waals surface area contributed by atoms with Crippen molar-refractivity contribution in [3.05, 3.63) is 199 Å². The standard InChI is InChI=1S/C57H51BN2Si/c1-38-36-49-53-50(37-38)60(46-23-15-14-22-45(46)39-28-30-40(31-29-39)56(2,3)4)48-25-17-27-52-55(48)58(53)54-47(59(49)42-34-32-41(33-35-42)57(5,6)7)24-16-26-51(54)61(52,43-18-10-8-11-19-43)44-20-12-9-13-21-44/h8-37H,1-7H3. The van der Waals surface area contributed by atoms with E-state index in [1.165, 1.54) is 99.1 Å². The van der Waals surface area contributed by atoms with Gasteiger partial charge in [-0.15, -0.1) is 0 Å². The van der Waals surface area contributed by atoms with Crippen LogP contribution in [0.2, 0.25) is 0 Å². The maximum absolute atomic E-state index is 2.92. The minimum absolute atomic E-state index is 0.0531. The molecule has 0 radical (unpaired) electrons. The zero-order valence-corrected chi connectivity index (χ0v) is 37.3. The molecule has 0 aliphatic carbocycles. The first-order chi connectivity index (χ1) is 29.5. The van der Waals surface area contributed by atoms with Crippen LogP contribution >= 0.6 is 0 Å². The molecule has 296 valence electrons. The minimum atomic E-state index is -2.92. The van der Waals surface area contributed by atoms with Gasteiger partial charge in [-0.25, -0.2) is 0 Å². The summed E-state index contributed by atoms with van der Waals surface area (Å²) in [5.41, 5.74) is 18.2. The van der Waals surface area contributed by atoms with Crippen molar-refractivity contribution in [2.24, 2.45) is 0 Å². The van der Waals surface area contributed by atoms with Crippen LogP contribution in [-0.2, 0) is 10.8 Å². The molecule has 8 aromatic carbocycles. The number of hydrogen-bond acceptors (Lipinski definition) is 2. The zero-order chi connectivity index (χ0) is 41.8. The Morgan fingerprint density at radius 3 is 1.41 bits per heavy atom. The lowest BCUT2D eigenvalue weighted by atomic mass is 9.33. The summed E-state index contributed by atoms with van der Waals surface area (Å²) < 4.78 is 0. The highest BCUT2D eigenvalue weighted by molar-refractivity contribution is 7.27. The molecule has 0 bridgehead atoms. The van der Waals surface area contributed by atoms with Crippen LogP contribution in [0, 0.1) is 6.92 Å². The molecule has 11 rings (SSSR count). The van der Waals surface area contributed by atoms with Crippen molar-refractivity contribution < 1.29 is 0 Å². The lowest BCUT2D eigenvalue weighted by Crippen LogP contribution is -2.88. The van der Waals surface area contributed by atoms with Crippen molar-refractivity contribution in [1.82, 2.24) is 0 Å². The molecule has 3 aliphatic heterocycles. The molecule has 3 aliphatic rings. The SMILES string of the molecule is Cc1cc2c3c(c1)N(c1ccccc1-c1ccc(C(C)(C)C)cc1)c1cccc4c1B3c1c(cccc1[Si]4(c1ccccc1)c1ccccc1)N2c1ccc(C(C)(C)C)cc1. The molecule has 0 fully saturated rings. The van der Waals surface area contributed by atoms with Gasteiger partial charge >= 0.3 is 0 Å². The van der Waals surface area contributed by atoms with Crippen LogP contribution in [-0.4, -0.2) is 14.8 Å². The summed E-state index contributed by atoms with van der Waals surface area (Å²) in [7, 11) is -2.92. The van der Waals surface area contributed by atoms with Crippen LogP contribution in [0.4, 0.5) is 34.1 Å². The molecule has 2 nitrogen and oxygen atoms in total. The predicted molar refractivity (Wildman–Crippen MR) is 265 cm³/mol. The molecule has 0 aromatic heterocycles. The Labute approximate surface area is 363 Å². The van der Waals surface area contributed by atoms with Gasteiger partial charge in [-0.2, -0.15) is 0 Å². The highest BCUT2D eigenvalue weighted by Crippen LogP contribution is 2.47. The maximum atomic E-state index is 2.63. The lowest BCUT2D eigenvalue weighted by molar-refractivity contribution is 0.590. The lowest BCUT2D eigenvalue weighted by Gasteiger charge is -2.51. The van der Waals surface area contributed by atoms with Gasteiger partial charge in [-0.3, -0.25) is 0 Å². The van der Waals surface area contributed by atoms with E-state index in [-0.39, 0.29) is 17.5 Å². The van der Waals surface area contributed by atoms with Gasteiger partial charge in [0.2, 0.25) is 0 Å². The molecule has 0 spiro atoms. The van der Waals surface area contributed by atoms with Gasteiger partial charge in [0.05, 0.1) is 5.69 Å². The van der Waals surface area contributed by atoms with Gasteiger partial charge in [0.25, 0.3) is 6.71 Å². The second-order valence-corrected chi connectivity index (χ2v) is 23.2. The van der Waals surface area contributed by atoms with Gasteiger partial charge in [-0.1, -0.05) is 181 Å². The number of benzene rings is 8. The Bertz CT molecular complexity index is 2960. The summed E-state index contributed by atoms with van der Waals surface area (Å²) in [5.74, 6) is 0. The Kier molecular flexibility index (Phi) is 8.37. The highest BCUT2D eigenvalue weighted by Gasteiger charge is 2.56. The monoisotopic (exact) mass is 802 g/mol. The van der Waals surface area contributed by atoms with E-state index in [0.29, 0.717) is 0 Å². The van der Waals surface area contributed by atoms with Gasteiger partial charge in [0, 0.05) is 34.0 Å². The van der Waals surface area contributed by atoms with Crippen molar-refractivity contribution in [3.8, 4) is 11.1 Å². The topological polar surface area (TPSA) is 6.48 Å². The molecule has 3 heterocycles. The second-order valence-electron chi connectivity index (χ2n) is 19.4. The number of anilines is 6. The van der Waals surface area contributed by atoms with Gasteiger partial charge in [0.1, 0.15) is 0 Å². The Morgan fingerprint density at radius 1 is 0.410 bits per heavy atom. The smallest absolute Gasteiger partial charge is 0.251 e. The Morgan fingerprint density at radius 2 is 0.869 bits per heavy atom. The van der Waals surface area contributed by atoms with Crippen molar-refractivity contribution in [2.75, 3.05) is 9.80 Å². The molecule has 0 atom stereocenters. The third-order valence-electron chi connectivity index (χ3n) is 13.7. The van der Waals surface area contributed by atoms with Crippen LogP contribution < -0.4 is 46.9 Å². The van der Waals surface area contributed by atoms with Gasteiger partial charge < -0.3 is 9.80 Å². The fourth-order valence-corrected chi connectivity index (χ4v) is 16.2. The maximum Gasteiger partial charge on any atom is 0.251 e. The quantitative estimate of drug-likeness (QED) is 0.160. The number of para-hydroxylation sites is 1. The van der Waals surface area contributed by atoms with E-state index in [4.69, 9.17) is 0 Å². The first-order valence-corrected chi connectivity index (χ1v) is 23.9. The number of hydrogen-bond donors (Lipinski definition) is 0. The molecule has 4 heteroatoms. The van der Waals surface area contributed by atoms with E-state index in [9.17, 15) is 0 Å². The van der Waals surface area contributed by atoms with E-state index < -0.39 is 8.07 Å². The van der Waals surface area contributed by atoms with Crippen molar-refractivity contribution in [2.45, 2.75) is 59.3 Å². The van der Waals surface area contributed by atoms with E-state index in [0.717, 1.165) is 0 Å². The third-order valence-corrected chi connectivity index (χ3v) is 18.6. The van der Waals surface area contributed by atoms with Gasteiger partial charge in [0.15, 0.2) is 8.07 Å². The van der Waals surface area contributed by atoms with Crippen LogP contribution in [0.5, 0.6) is 0 Å². The van der Waals surface area contributed by atoms with Crippen LogP contribution in [0.3, 0.4) is 0 Å². The molecule has 0 saturated heterocycles. The Hall–Kier alpha value is -6.36. The molecule has 0 amide bonds. The van der Waals surface area contributed by atoms with Crippen molar-refractivity contribution >= 4 is 86.0 Å². The zero-order valence-electron chi connectivity index (χ0n) is 36.3. The van der Waals surface area contributed by atoms with E-state index >= 15 is 0 Å². The third kappa shape index (κ3) is 5.54. The second kappa shape index (κ2) is 13.6. The first-order valence-electron chi connectivity index (χ1n) is 21.9. The summed E-state index contributed by atoms with van der Waals surface area (Å²) in [5, 5.41) is 5.79. The number of nitrogens with zero attached hydrogens (tertiary/aromatic N) is 2. The van der Waals surface area contributed by atoms with Crippen LogP contribution in [0.25, 0.3) is 11.1 Å². The first kappa shape index (κ1) is 37.6. The van der Waals surface area contributed by atoms with Gasteiger partial charge in [-0.05, 0) is 120 Å². The summed E-state index contributed by atoms with van der Waals surface area (Å²) in [4.78, 5) is 5.22. The summed E-state index contributed by atoms with van der Waals surface area (Å²) in [6.07, 6.45) is 0. The summed E-state index contributed by atoms with van der Waals surface area (Å²) in [6.45, 7) is 16.1. The highest BCUT2D eigenvalue weighted by atomic mass is 28.3. The molecular weight excluding hydrogens is 752 g/mol. The number of rotatable bonds is 5. The van der Waals surface area contributed by atoms with E-state index in [1.807, 2.05) is 0 Å². The largest absolute Gasteiger partial charge is 0.311 e. The molecule has 0 N–H and O–H groups in total. The molecule has 0 unspecified atom stereocenters. The normalized spacial score (nSPS) is 14.5. The molecule has 61 heavy (non-hydrogen) atoms. The van der Waals surface area contributed by atoms with Crippen molar-refractivity contribution in [1.29, 1.82) is 0 Å². The van der Waals surface area contributed by atoms with E-state index in [1.54, 1.807) is 0 Å². The molecular formula is C57H51BN2Si. The minimum Gasteiger partial charge on any atom is -0.311 e. The fourth-order valence-electron chi connectivity index (χ4n) is 10.9. The molecule has 0 saturated carbocycles. The predicted octanol–water partition coefficient (Wildman–Crippen LogP) is 10.0. The summed E-state index contributed by atoms with van der Waals surface area (Å²) in [6, 6.07) is 70.1. The average Bonchev–Trinajstić information content (AvgIpc) is 3.27. The van der Waals surface area contributed by atoms with E-state index in [2.05, 4.69) is 240 Å². The van der Waals surface area contributed by atoms with Crippen LogP contribution in [0.15, 0.2) is 182 Å². The van der Waals surface area contributed by atoms with Crippen molar-refractivity contribution in [3.63, 3.8) is 0 Å². The average molecular weight is 803 g/mol. The van der Waals surface area contributed by atoms with Crippen LogP contribution in [0.1, 0.15) is 58.2 Å². The molecule has 8 aromatic rings.